The van der Waals surface area contributed by atoms with E-state index in [0.717, 1.165) is 19.4 Å². The molecule has 1 heterocycles. The van der Waals surface area contributed by atoms with Crippen molar-refractivity contribution in [1.82, 2.24) is 4.90 Å². The highest BCUT2D eigenvalue weighted by molar-refractivity contribution is 9.10. The van der Waals surface area contributed by atoms with E-state index >= 15 is 0 Å². The fourth-order valence-electron chi connectivity index (χ4n) is 3.19. The van der Waals surface area contributed by atoms with Crippen LogP contribution in [-0.4, -0.2) is 31.8 Å². The van der Waals surface area contributed by atoms with E-state index in [9.17, 15) is 13.2 Å². The molecule has 2 unspecified atom stereocenters. The number of rotatable bonds is 2. The Balaban J connectivity index is 1.94. The van der Waals surface area contributed by atoms with Crippen LogP contribution in [0.4, 0.5) is 0 Å². The van der Waals surface area contributed by atoms with E-state index < -0.39 is 10.0 Å². The fourth-order valence-corrected chi connectivity index (χ4v) is 4.42. The molecule has 2 atom stereocenters. The summed E-state index contributed by atoms with van der Waals surface area (Å²) >= 11 is 3.23. The molecule has 0 radical (unpaired) electrons. The van der Waals surface area contributed by atoms with Gasteiger partial charge >= 0.3 is 0 Å². The highest BCUT2D eigenvalue weighted by atomic mass is 79.9. The molecular weight excluding hydrogens is 344 g/mol. The Hall–Kier alpha value is -0.920. The van der Waals surface area contributed by atoms with Crippen molar-refractivity contribution in [1.29, 1.82) is 0 Å². The number of hydrogen-bond acceptors (Lipinski definition) is 3. The molecule has 0 aromatic heterocycles. The molecule has 0 spiro atoms. The third-order valence-corrected chi connectivity index (χ3v) is 5.47. The van der Waals surface area contributed by atoms with Crippen LogP contribution in [0.2, 0.25) is 0 Å². The van der Waals surface area contributed by atoms with E-state index in [1.54, 1.807) is 6.07 Å². The number of carbonyl (C=O) groups is 1. The van der Waals surface area contributed by atoms with Crippen molar-refractivity contribution in [3.05, 3.63) is 28.2 Å². The van der Waals surface area contributed by atoms with Gasteiger partial charge in [0.15, 0.2) is 0 Å². The molecule has 1 aromatic carbocycles. The molecule has 1 amide bonds. The number of likely N-dealkylation sites (tertiary alicyclic amines) is 1. The van der Waals surface area contributed by atoms with Gasteiger partial charge < -0.3 is 4.90 Å². The average Bonchev–Trinajstić information content (AvgIpc) is 2.98. The van der Waals surface area contributed by atoms with Crippen LogP contribution in [0, 0.1) is 5.92 Å². The van der Waals surface area contributed by atoms with Gasteiger partial charge in [-0.25, -0.2) is 13.6 Å². The Morgan fingerprint density at radius 1 is 1.30 bits per heavy atom. The lowest BCUT2D eigenvalue weighted by molar-refractivity contribution is 0.0703. The molecule has 3 rings (SSSR count). The molecule has 2 bridgehead atoms. The summed E-state index contributed by atoms with van der Waals surface area (Å²) in [5.41, 5.74) is 0.371. The number of halogens is 1. The monoisotopic (exact) mass is 358 g/mol. The number of nitrogens with zero attached hydrogens (tertiary/aromatic N) is 1. The number of carbonyl (C=O) groups excluding carboxylic acids is 1. The first-order valence-electron chi connectivity index (χ1n) is 6.49. The first-order chi connectivity index (χ1) is 9.34. The van der Waals surface area contributed by atoms with E-state index in [-0.39, 0.29) is 10.8 Å². The Kier molecular flexibility index (Phi) is 3.38. The Labute approximate surface area is 126 Å². The molecule has 20 heavy (non-hydrogen) atoms. The molecule has 2 fully saturated rings. The smallest absolute Gasteiger partial charge is 0.254 e. The van der Waals surface area contributed by atoms with E-state index in [0.29, 0.717) is 22.0 Å². The summed E-state index contributed by atoms with van der Waals surface area (Å²) in [6, 6.07) is 4.71. The minimum absolute atomic E-state index is 0.0421. The third kappa shape index (κ3) is 2.49. The van der Waals surface area contributed by atoms with Crippen molar-refractivity contribution in [2.45, 2.75) is 30.2 Å². The molecule has 5 nitrogen and oxygen atoms in total. The fraction of sp³-hybridized carbons (Fsp3) is 0.462. The summed E-state index contributed by atoms with van der Waals surface area (Å²) in [4.78, 5) is 14.4. The molecule has 1 saturated carbocycles. The van der Waals surface area contributed by atoms with Crippen LogP contribution in [0.3, 0.4) is 0 Å². The van der Waals surface area contributed by atoms with Gasteiger partial charge in [0.05, 0.1) is 4.90 Å². The number of piperidine rings is 1. The number of nitrogens with two attached hydrogens (primary N) is 1. The SMILES string of the molecule is NS(=O)(=O)c1cc(Br)cc(C(=O)N2CC3CCC2C3)c1. The summed E-state index contributed by atoms with van der Waals surface area (Å²) < 4.78 is 23.4. The molecule has 1 saturated heterocycles. The largest absolute Gasteiger partial charge is 0.335 e. The molecule has 1 aliphatic heterocycles. The second-order valence-electron chi connectivity index (χ2n) is 5.51. The second-order valence-corrected chi connectivity index (χ2v) is 7.99. The van der Waals surface area contributed by atoms with Crippen molar-refractivity contribution in [2.75, 3.05) is 6.54 Å². The third-order valence-electron chi connectivity index (χ3n) is 4.12. The Bertz CT molecular complexity index is 674. The van der Waals surface area contributed by atoms with Crippen molar-refractivity contribution < 1.29 is 13.2 Å². The van der Waals surface area contributed by atoms with Gasteiger partial charge in [0.2, 0.25) is 10.0 Å². The Morgan fingerprint density at radius 2 is 2.05 bits per heavy atom. The van der Waals surface area contributed by atoms with Crippen LogP contribution in [-0.2, 0) is 10.0 Å². The first kappa shape index (κ1) is 14.0. The second kappa shape index (κ2) is 4.82. The summed E-state index contributed by atoms with van der Waals surface area (Å²) in [6.07, 6.45) is 3.31. The molecule has 1 aliphatic carbocycles. The van der Waals surface area contributed by atoms with Crippen LogP contribution in [0.25, 0.3) is 0 Å². The van der Waals surface area contributed by atoms with Gasteiger partial charge in [0.25, 0.3) is 5.91 Å². The minimum atomic E-state index is -3.82. The summed E-state index contributed by atoms with van der Waals surface area (Å²) in [6.45, 7) is 0.778. The van der Waals surface area contributed by atoms with Crippen molar-refractivity contribution >= 4 is 31.9 Å². The number of hydrogen-bond donors (Lipinski definition) is 1. The zero-order chi connectivity index (χ0) is 14.5. The predicted molar refractivity (Wildman–Crippen MR) is 77.7 cm³/mol. The van der Waals surface area contributed by atoms with Gasteiger partial charge in [-0.2, -0.15) is 0 Å². The van der Waals surface area contributed by atoms with Gasteiger partial charge in [0.1, 0.15) is 0 Å². The quantitative estimate of drug-likeness (QED) is 0.873. The van der Waals surface area contributed by atoms with E-state index in [2.05, 4.69) is 15.9 Å². The van der Waals surface area contributed by atoms with E-state index in [1.807, 2.05) is 4.90 Å². The predicted octanol–water partition coefficient (Wildman–Crippen LogP) is 1.72. The van der Waals surface area contributed by atoms with Crippen molar-refractivity contribution in [3.8, 4) is 0 Å². The highest BCUT2D eigenvalue weighted by Gasteiger charge is 2.40. The topological polar surface area (TPSA) is 80.5 Å². The normalized spacial score (nSPS) is 25.2. The summed E-state index contributed by atoms with van der Waals surface area (Å²) in [7, 11) is -3.82. The maximum Gasteiger partial charge on any atom is 0.254 e. The lowest BCUT2D eigenvalue weighted by atomic mass is 10.1. The molecule has 7 heteroatoms. The van der Waals surface area contributed by atoms with Crippen molar-refractivity contribution in [2.24, 2.45) is 11.1 Å². The van der Waals surface area contributed by atoms with Crippen molar-refractivity contribution in [3.63, 3.8) is 0 Å². The highest BCUT2D eigenvalue weighted by Crippen LogP contribution is 2.38. The minimum Gasteiger partial charge on any atom is -0.335 e. The van der Waals surface area contributed by atoms with Crippen LogP contribution in [0.1, 0.15) is 29.6 Å². The molecule has 1 aromatic rings. The van der Waals surface area contributed by atoms with Gasteiger partial charge in [-0.15, -0.1) is 0 Å². The zero-order valence-corrected chi connectivity index (χ0v) is 13.2. The van der Waals surface area contributed by atoms with Gasteiger partial charge in [-0.3, -0.25) is 4.79 Å². The first-order valence-corrected chi connectivity index (χ1v) is 8.83. The molecule has 2 aliphatic rings. The summed E-state index contributed by atoms with van der Waals surface area (Å²) in [5, 5.41) is 5.14. The number of amides is 1. The average molecular weight is 359 g/mol. The van der Waals surface area contributed by atoms with Gasteiger partial charge in [0, 0.05) is 22.6 Å². The maximum atomic E-state index is 12.5. The van der Waals surface area contributed by atoms with Gasteiger partial charge in [-0.05, 0) is 43.4 Å². The zero-order valence-electron chi connectivity index (χ0n) is 10.8. The lowest BCUT2D eigenvalue weighted by Crippen LogP contribution is -2.37. The molecular formula is C13H15BrN2O3S. The Morgan fingerprint density at radius 3 is 2.60 bits per heavy atom. The van der Waals surface area contributed by atoms with Crippen LogP contribution < -0.4 is 5.14 Å². The number of fused-ring (bicyclic) bond motifs is 2. The summed E-state index contributed by atoms with van der Waals surface area (Å²) in [5.74, 6) is 0.497. The molecule has 108 valence electrons. The van der Waals surface area contributed by atoms with Crippen LogP contribution in [0.5, 0.6) is 0 Å². The van der Waals surface area contributed by atoms with E-state index in [1.165, 1.54) is 18.6 Å². The number of benzene rings is 1. The molecule has 2 N–H and O–H groups in total. The standard InChI is InChI=1S/C13H15BrN2O3S/c14-10-4-9(5-12(6-10)20(15,18)19)13(17)16-7-8-1-2-11(16)3-8/h4-6,8,11H,1-3,7H2,(H2,15,18,19). The van der Waals surface area contributed by atoms with Gasteiger partial charge in [-0.1, -0.05) is 15.9 Å². The number of sulfonamides is 1. The maximum absolute atomic E-state index is 12.5. The van der Waals surface area contributed by atoms with Crippen LogP contribution >= 0.6 is 15.9 Å². The van der Waals surface area contributed by atoms with E-state index in [4.69, 9.17) is 5.14 Å². The van der Waals surface area contributed by atoms with Crippen LogP contribution in [0.15, 0.2) is 27.6 Å². The lowest BCUT2D eigenvalue weighted by Gasteiger charge is -2.27. The number of primary sulfonamides is 1.